The highest BCUT2D eigenvalue weighted by atomic mass is 15.3. The van der Waals surface area contributed by atoms with Gasteiger partial charge in [0.05, 0.1) is 11.4 Å². The Kier molecular flexibility index (Phi) is 5.55. The molecule has 1 fully saturated rings. The Balaban J connectivity index is 2.05. The van der Waals surface area contributed by atoms with Gasteiger partial charge in [0.2, 0.25) is 0 Å². The van der Waals surface area contributed by atoms with E-state index < -0.39 is 0 Å². The van der Waals surface area contributed by atoms with Crippen LogP contribution in [0.4, 0.5) is 5.69 Å². The topological polar surface area (TPSA) is 31.7 Å². The van der Waals surface area contributed by atoms with Crippen molar-refractivity contribution in [1.29, 1.82) is 0 Å². The van der Waals surface area contributed by atoms with Gasteiger partial charge in [-0.15, -0.1) is 0 Å². The fraction of sp³-hybridized carbons (Fsp3) is 0.412. The number of aromatic nitrogens is 1. The van der Waals surface area contributed by atoms with E-state index in [0.29, 0.717) is 0 Å². The normalized spacial score (nSPS) is 17.0. The van der Waals surface area contributed by atoms with Gasteiger partial charge in [-0.05, 0) is 24.6 Å². The highest BCUT2D eigenvalue weighted by Gasteiger charge is 2.20. The smallest absolute Gasteiger partial charge is 0.0795 e. The van der Waals surface area contributed by atoms with Crippen LogP contribution in [0.2, 0.25) is 0 Å². The Labute approximate surface area is 127 Å². The first kappa shape index (κ1) is 15.3. The minimum Gasteiger partial charge on any atom is -0.368 e. The van der Waals surface area contributed by atoms with Crippen molar-refractivity contribution in [1.82, 2.24) is 9.88 Å². The molecule has 1 aliphatic rings. The summed E-state index contributed by atoms with van der Waals surface area (Å²) in [7, 11) is 1.83. The van der Waals surface area contributed by atoms with Gasteiger partial charge in [-0.2, -0.15) is 0 Å². The maximum Gasteiger partial charge on any atom is 0.0795 e. The number of pyridine rings is 1. The highest BCUT2D eigenvalue weighted by Crippen LogP contribution is 2.18. The lowest BCUT2D eigenvalue weighted by Gasteiger charge is -2.38. The first-order valence-corrected chi connectivity index (χ1v) is 7.49. The summed E-state index contributed by atoms with van der Waals surface area (Å²) in [6.45, 7) is 10.1. The van der Waals surface area contributed by atoms with Crippen LogP contribution in [0.25, 0.3) is 0 Å². The Hall–Kier alpha value is -2.10. The number of aliphatic imine (C=N–C) groups is 1. The number of allylic oxidation sites excluding steroid dienone is 2. The number of rotatable bonds is 5. The molecule has 21 heavy (non-hydrogen) atoms. The number of nitrogens with zero attached hydrogens (tertiary/aromatic N) is 4. The second-order valence-corrected chi connectivity index (χ2v) is 4.99. The molecule has 0 saturated carbocycles. The Morgan fingerprint density at radius 2 is 1.95 bits per heavy atom. The lowest BCUT2D eigenvalue weighted by molar-refractivity contribution is 0.334. The first-order chi connectivity index (χ1) is 10.3. The maximum absolute atomic E-state index is 4.34. The van der Waals surface area contributed by atoms with Crippen molar-refractivity contribution < 1.29 is 0 Å². The van der Waals surface area contributed by atoms with E-state index >= 15 is 0 Å². The molecule has 0 aromatic carbocycles. The van der Waals surface area contributed by atoms with Crippen molar-refractivity contribution >= 4 is 11.4 Å². The van der Waals surface area contributed by atoms with E-state index in [-0.39, 0.29) is 0 Å². The molecule has 0 atom stereocenters. The van der Waals surface area contributed by atoms with Gasteiger partial charge in [0.15, 0.2) is 0 Å². The largest absolute Gasteiger partial charge is 0.368 e. The Bertz CT molecular complexity index is 511. The van der Waals surface area contributed by atoms with Crippen LogP contribution < -0.4 is 4.90 Å². The third kappa shape index (κ3) is 3.72. The van der Waals surface area contributed by atoms with E-state index in [1.807, 2.05) is 25.5 Å². The van der Waals surface area contributed by atoms with Gasteiger partial charge in [-0.3, -0.25) is 9.98 Å². The second-order valence-electron chi connectivity index (χ2n) is 4.99. The number of anilines is 1. The molecular formula is C17H24N4. The Morgan fingerprint density at radius 3 is 2.48 bits per heavy atom. The molecule has 0 spiro atoms. The van der Waals surface area contributed by atoms with Crippen LogP contribution in [-0.2, 0) is 0 Å². The molecule has 4 heteroatoms. The van der Waals surface area contributed by atoms with Gasteiger partial charge in [-0.25, -0.2) is 0 Å². The van der Waals surface area contributed by atoms with Gasteiger partial charge in [0, 0.05) is 51.3 Å². The van der Waals surface area contributed by atoms with Crippen molar-refractivity contribution in [3.05, 3.63) is 49.0 Å². The van der Waals surface area contributed by atoms with Gasteiger partial charge < -0.3 is 9.80 Å². The van der Waals surface area contributed by atoms with Crippen LogP contribution in [0.15, 0.2) is 53.9 Å². The zero-order valence-electron chi connectivity index (χ0n) is 13.0. The molecule has 4 nitrogen and oxygen atoms in total. The molecule has 0 aliphatic carbocycles. The molecule has 1 aliphatic heterocycles. The Morgan fingerprint density at radius 1 is 1.29 bits per heavy atom. The predicted molar refractivity (Wildman–Crippen MR) is 90.0 cm³/mol. The quantitative estimate of drug-likeness (QED) is 0.779. The van der Waals surface area contributed by atoms with E-state index in [9.17, 15) is 0 Å². The second kappa shape index (κ2) is 7.62. The summed E-state index contributed by atoms with van der Waals surface area (Å²) < 4.78 is 0. The molecule has 1 aromatic rings. The van der Waals surface area contributed by atoms with Crippen molar-refractivity contribution in [3.63, 3.8) is 0 Å². The monoisotopic (exact) mass is 284 g/mol. The maximum atomic E-state index is 4.34. The summed E-state index contributed by atoms with van der Waals surface area (Å²) in [5.74, 6) is 0. The third-order valence-corrected chi connectivity index (χ3v) is 3.74. The molecule has 112 valence electrons. The van der Waals surface area contributed by atoms with Crippen LogP contribution in [0.1, 0.15) is 13.3 Å². The molecule has 1 aromatic heterocycles. The lowest BCUT2D eigenvalue weighted by atomic mass is 10.1. The van der Waals surface area contributed by atoms with E-state index in [1.165, 1.54) is 11.4 Å². The van der Waals surface area contributed by atoms with Crippen LogP contribution in [0, 0.1) is 0 Å². The molecule has 0 unspecified atom stereocenters. The standard InChI is InChI=1S/C17H24N4/c1-4-6-17(16(5-2)18-3)21-13-11-20(12-14-21)15-7-9-19-10-8-15/h5-10H,2,4,11-14H2,1,3H3/b17-6+,18-16?. The molecule has 0 bridgehead atoms. The SMILES string of the molecule is C=CC(=NC)/C(=C\CC)N1CCN(c2ccncc2)CC1. The third-order valence-electron chi connectivity index (χ3n) is 3.74. The molecule has 0 radical (unpaired) electrons. The molecule has 0 N–H and O–H groups in total. The van der Waals surface area contributed by atoms with E-state index in [4.69, 9.17) is 0 Å². The minimum atomic E-state index is 0.981. The fourth-order valence-corrected chi connectivity index (χ4v) is 2.66. The summed E-state index contributed by atoms with van der Waals surface area (Å²) in [6.07, 6.45) is 8.79. The van der Waals surface area contributed by atoms with Crippen LogP contribution in [0.5, 0.6) is 0 Å². The molecule has 0 amide bonds. The molecule has 1 saturated heterocycles. The number of hydrogen-bond acceptors (Lipinski definition) is 4. The highest BCUT2D eigenvalue weighted by molar-refractivity contribution is 6.07. The zero-order chi connectivity index (χ0) is 15.1. The average molecular weight is 284 g/mol. The lowest BCUT2D eigenvalue weighted by Crippen LogP contribution is -2.46. The number of piperazine rings is 1. The van der Waals surface area contributed by atoms with Crippen molar-refractivity contribution in [2.75, 3.05) is 38.1 Å². The average Bonchev–Trinajstić information content (AvgIpc) is 2.56. The zero-order valence-corrected chi connectivity index (χ0v) is 13.0. The van der Waals surface area contributed by atoms with Crippen LogP contribution in [0.3, 0.4) is 0 Å². The summed E-state index contributed by atoms with van der Waals surface area (Å²) in [4.78, 5) is 13.2. The van der Waals surface area contributed by atoms with Gasteiger partial charge in [0.1, 0.15) is 0 Å². The summed E-state index contributed by atoms with van der Waals surface area (Å²) in [6, 6.07) is 4.14. The summed E-state index contributed by atoms with van der Waals surface area (Å²) in [5.41, 5.74) is 3.44. The first-order valence-electron chi connectivity index (χ1n) is 7.49. The van der Waals surface area contributed by atoms with Gasteiger partial charge >= 0.3 is 0 Å². The summed E-state index contributed by atoms with van der Waals surface area (Å²) >= 11 is 0. The van der Waals surface area contributed by atoms with Crippen molar-refractivity contribution in [2.45, 2.75) is 13.3 Å². The predicted octanol–water partition coefficient (Wildman–Crippen LogP) is 2.75. The van der Waals surface area contributed by atoms with Crippen LogP contribution in [-0.4, -0.2) is 48.8 Å². The van der Waals surface area contributed by atoms with E-state index in [1.54, 1.807) is 0 Å². The fourth-order valence-electron chi connectivity index (χ4n) is 2.66. The molecule has 2 rings (SSSR count). The van der Waals surface area contributed by atoms with Crippen LogP contribution >= 0.6 is 0 Å². The van der Waals surface area contributed by atoms with Crippen molar-refractivity contribution in [3.8, 4) is 0 Å². The minimum absolute atomic E-state index is 0.981. The van der Waals surface area contributed by atoms with Crippen molar-refractivity contribution in [2.24, 2.45) is 4.99 Å². The van der Waals surface area contributed by atoms with Gasteiger partial charge in [-0.1, -0.05) is 19.6 Å². The van der Waals surface area contributed by atoms with E-state index in [2.05, 4.69) is 51.5 Å². The molecule has 2 heterocycles. The van der Waals surface area contributed by atoms with E-state index in [0.717, 1.165) is 38.3 Å². The van der Waals surface area contributed by atoms with Gasteiger partial charge in [0.25, 0.3) is 0 Å². The number of hydrogen-bond donors (Lipinski definition) is 0. The molecular weight excluding hydrogens is 260 g/mol. The summed E-state index contributed by atoms with van der Waals surface area (Å²) in [5, 5.41) is 0.